The number of benzene rings is 6. The van der Waals surface area contributed by atoms with E-state index in [1.165, 1.54) is 0 Å². The van der Waals surface area contributed by atoms with E-state index in [2.05, 4.69) is 58.5 Å². The van der Waals surface area contributed by atoms with E-state index in [1.807, 2.05) is 0 Å². The molecule has 7 rings (SSSR count). The number of carbonyl (C=O) groups excluding carboxylic acids is 13. The van der Waals surface area contributed by atoms with Crippen LogP contribution in [-0.2, 0) is 110 Å². The van der Waals surface area contributed by atoms with Crippen LogP contribution in [0.25, 0.3) is 0 Å². The summed E-state index contributed by atoms with van der Waals surface area (Å²) >= 11 is 0. The molecule has 1 aliphatic heterocycles. The lowest BCUT2D eigenvalue weighted by atomic mass is 9.96. The number of nitrogens with two attached hydrogens (primary N) is 2. The Morgan fingerprint density at radius 1 is 0.415 bits per heavy atom. The highest BCUT2D eigenvalue weighted by Gasteiger charge is 2.41. The molecule has 0 saturated carbocycles. The van der Waals surface area contributed by atoms with E-state index >= 15 is 9.59 Å². The quantitative estimate of drug-likeness (QED) is 0.0254. The average molecular weight is 1630 g/mol. The number of nitrogens with zero attached hydrogens (tertiary/aromatic N) is 1. The van der Waals surface area contributed by atoms with Gasteiger partial charge in [-0.25, -0.2) is 4.79 Å². The number of carbonyl (C=O) groups is 15. The minimum absolute atomic E-state index is 0.0595. The lowest BCUT2D eigenvalue weighted by molar-refractivity contribution is -0.142. The molecule has 118 heavy (non-hydrogen) atoms. The summed E-state index contributed by atoms with van der Waals surface area (Å²) in [5.74, 6) is -15.3. The molecule has 6 aromatic carbocycles. The maximum Gasteiger partial charge on any atom is 0.326 e. The topological polar surface area (TPSA) is 504 Å². The van der Waals surface area contributed by atoms with Crippen molar-refractivity contribution in [2.75, 3.05) is 19.7 Å². The van der Waals surface area contributed by atoms with Crippen LogP contribution in [0, 0.1) is 11.8 Å². The lowest BCUT2D eigenvalue weighted by Crippen LogP contribution is -2.61. The number of carboxylic acids is 2. The number of aliphatic carboxylic acids is 2. The molecule has 18 N–H and O–H groups in total. The second-order valence-corrected chi connectivity index (χ2v) is 29.7. The zero-order chi connectivity index (χ0) is 85.8. The molecule has 0 unspecified atom stereocenters. The van der Waals surface area contributed by atoms with Crippen molar-refractivity contribution in [2.24, 2.45) is 23.3 Å². The molecular formula is C86H108N14O18. The Morgan fingerprint density at radius 3 is 1.14 bits per heavy atom. The van der Waals surface area contributed by atoms with E-state index in [4.69, 9.17) is 11.5 Å². The van der Waals surface area contributed by atoms with Gasteiger partial charge in [-0.2, -0.15) is 0 Å². The number of amides is 13. The molecule has 0 bridgehead atoms. The molecule has 32 nitrogen and oxygen atoms in total. The molecule has 0 spiro atoms. The van der Waals surface area contributed by atoms with Gasteiger partial charge in [0.05, 0.1) is 19.2 Å². The first-order chi connectivity index (χ1) is 56.5. The summed E-state index contributed by atoms with van der Waals surface area (Å²) < 4.78 is 0. The van der Waals surface area contributed by atoms with Gasteiger partial charge < -0.3 is 90.2 Å². The highest BCUT2D eigenvalue weighted by Crippen LogP contribution is 2.21. The second kappa shape index (κ2) is 47.4. The van der Waals surface area contributed by atoms with Gasteiger partial charge in [0.25, 0.3) is 0 Å². The Kier molecular flexibility index (Phi) is 37.1. The first kappa shape index (κ1) is 92.5. The molecule has 32 heteroatoms. The van der Waals surface area contributed by atoms with Gasteiger partial charge in [0.1, 0.15) is 66.5 Å². The third-order valence-electron chi connectivity index (χ3n) is 20.0. The maximum absolute atomic E-state index is 15.1. The smallest absolute Gasteiger partial charge is 0.326 e. The minimum atomic E-state index is -1.64. The molecule has 0 aromatic heterocycles. The number of rotatable bonds is 47. The van der Waals surface area contributed by atoms with Crippen LogP contribution in [0.4, 0.5) is 0 Å². The van der Waals surface area contributed by atoms with Gasteiger partial charge >= 0.3 is 11.9 Å². The summed E-state index contributed by atoms with van der Waals surface area (Å²) in [6, 6.07) is 34.2. The van der Waals surface area contributed by atoms with Crippen LogP contribution in [0.15, 0.2) is 182 Å². The molecule has 0 radical (unpaired) electrons. The second-order valence-electron chi connectivity index (χ2n) is 29.7. The van der Waals surface area contributed by atoms with E-state index in [0.29, 0.717) is 34.2 Å². The standard InChI is InChI=1S/C86H108N14O18/c1-5-53(4)74(99-77(108)61(39-41-73(104)105)90-72(103)50-89-83(114)70-37-24-42-100(70)85(116)69(51-101)98-75(106)60(87)44-54-25-12-6-13-26-54)84(115)96-67(48-58-33-20-10-21-34-58)81(112)94-65(46-56-29-16-8-17-30-56)79(110)92-63(43-52(2)3)78(109)91-62(38-40-71(88)102)76(107)93-64(45-55-27-14-7-15-28-55)80(111)95-66(47-57-31-18-9-19-32-57)82(113)97-68(86(117)118)49-59-35-22-11-23-36-59/h6-23,25-36,52-53,60-70,74,101H,5,24,37-51,87H2,1-4H3,(H2,88,102)(H,89,114)(H,90,103)(H,91,109)(H,92,110)(H,93,107)(H,94,112)(H,95,111)(H,96,115)(H,97,113)(H,98,106)(H,99,108)(H,104,105)(H,117,118)/t53-,60-,61-,62-,63-,64-,65-,66-,67-,68-,69-,70-,74-/m0/s1. The average Bonchev–Trinajstić information content (AvgIpc) is 1.62. The van der Waals surface area contributed by atoms with E-state index in [-0.39, 0.29) is 70.3 Å². The fourth-order valence-corrected chi connectivity index (χ4v) is 13.4. The van der Waals surface area contributed by atoms with Crippen LogP contribution in [0.5, 0.6) is 0 Å². The van der Waals surface area contributed by atoms with Crippen LogP contribution in [0.1, 0.15) is 112 Å². The minimum Gasteiger partial charge on any atom is -0.481 e. The normalized spacial score (nSPS) is 15.4. The summed E-state index contributed by atoms with van der Waals surface area (Å²) in [6.07, 6.45) is -2.07. The van der Waals surface area contributed by atoms with Crippen LogP contribution in [0.3, 0.4) is 0 Å². The number of aliphatic hydroxyl groups is 1. The Morgan fingerprint density at radius 2 is 0.754 bits per heavy atom. The summed E-state index contributed by atoms with van der Waals surface area (Å²) in [4.78, 5) is 211. The van der Waals surface area contributed by atoms with Crippen molar-refractivity contribution < 1.29 is 87.2 Å². The Labute approximate surface area is 684 Å². The predicted molar refractivity (Wildman–Crippen MR) is 435 cm³/mol. The number of hydrogen-bond acceptors (Lipinski definition) is 17. The van der Waals surface area contributed by atoms with Gasteiger partial charge in [-0.15, -0.1) is 0 Å². The van der Waals surface area contributed by atoms with Crippen molar-refractivity contribution in [3.63, 3.8) is 0 Å². The van der Waals surface area contributed by atoms with Crippen LogP contribution < -0.4 is 70.0 Å². The highest BCUT2D eigenvalue weighted by molar-refractivity contribution is 6.00. The molecule has 1 fully saturated rings. The van der Waals surface area contributed by atoms with Crippen LogP contribution in [0.2, 0.25) is 0 Å². The van der Waals surface area contributed by atoms with Gasteiger partial charge in [0.2, 0.25) is 76.8 Å². The lowest BCUT2D eigenvalue weighted by Gasteiger charge is -2.30. The van der Waals surface area contributed by atoms with Crippen molar-refractivity contribution >= 4 is 88.7 Å². The molecule has 6 aromatic rings. The molecule has 0 aliphatic carbocycles. The van der Waals surface area contributed by atoms with Gasteiger partial charge in [0.15, 0.2) is 0 Å². The van der Waals surface area contributed by atoms with Crippen molar-refractivity contribution in [1.29, 1.82) is 0 Å². The van der Waals surface area contributed by atoms with Crippen LogP contribution in [-0.4, -0.2) is 201 Å². The van der Waals surface area contributed by atoms with Crippen molar-refractivity contribution in [3.8, 4) is 0 Å². The summed E-state index contributed by atoms with van der Waals surface area (Å²) in [5.41, 5.74) is 15.3. The third-order valence-corrected chi connectivity index (χ3v) is 20.0. The number of nitrogens with one attached hydrogen (secondary N) is 11. The fourth-order valence-electron chi connectivity index (χ4n) is 13.4. The largest absolute Gasteiger partial charge is 0.481 e. The van der Waals surface area contributed by atoms with Gasteiger partial charge in [-0.1, -0.05) is 216 Å². The molecule has 1 aliphatic rings. The Bertz CT molecular complexity index is 4360. The van der Waals surface area contributed by atoms with Gasteiger partial charge in [-0.05, 0) is 83.7 Å². The molecule has 630 valence electrons. The summed E-state index contributed by atoms with van der Waals surface area (Å²) in [5, 5.41) is 59.2. The Hall–Kier alpha value is -12.7. The number of primary amides is 1. The van der Waals surface area contributed by atoms with E-state index in [0.717, 1.165) is 10.5 Å². The van der Waals surface area contributed by atoms with Crippen molar-refractivity contribution in [2.45, 2.75) is 190 Å². The first-order valence-corrected chi connectivity index (χ1v) is 39.4. The monoisotopic (exact) mass is 1620 g/mol. The number of hydrogen-bond donors (Lipinski definition) is 16. The molecule has 13 amide bonds. The maximum atomic E-state index is 15.1. The summed E-state index contributed by atoms with van der Waals surface area (Å²) in [7, 11) is 0. The SMILES string of the molecule is CC[C@H](C)[C@H](NC(=O)[C@H](CCC(=O)O)NC(=O)CNC(=O)[C@@H]1CCCN1C(=O)[C@H](CO)NC(=O)[C@@H](N)Cc1ccccc1)C(=O)N[C@@H](Cc1ccccc1)C(=O)N[C@@H](Cc1ccccc1)C(=O)N[C@@H](CC(C)C)C(=O)N[C@@H](CCC(N)=O)C(=O)N[C@@H](Cc1ccccc1)C(=O)N[C@@H](Cc1ccccc1)C(=O)N[C@@H](Cc1ccccc1)C(=O)O. The van der Waals surface area contributed by atoms with E-state index in [1.54, 1.807) is 210 Å². The number of aliphatic hydroxyl groups excluding tert-OH is 1. The molecular weight excluding hydrogens is 1520 g/mol. The predicted octanol–water partition coefficient (Wildman–Crippen LogP) is 1.02. The molecule has 1 saturated heterocycles. The molecule has 1 heterocycles. The first-order valence-electron chi connectivity index (χ1n) is 39.4. The van der Waals surface area contributed by atoms with Crippen molar-refractivity contribution in [1.82, 2.24) is 63.4 Å². The number of carboxylic acid groups (broad SMARTS) is 2. The zero-order valence-electron chi connectivity index (χ0n) is 66.5. The third kappa shape index (κ3) is 30.5. The van der Waals surface area contributed by atoms with Gasteiger partial charge in [-0.3, -0.25) is 67.1 Å². The number of likely N-dealkylation sites (tertiary alicyclic amines) is 1. The Balaban J connectivity index is 1.07. The zero-order valence-corrected chi connectivity index (χ0v) is 66.5. The molecule has 13 atom stereocenters. The van der Waals surface area contributed by atoms with Crippen LogP contribution >= 0.6 is 0 Å². The van der Waals surface area contributed by atoms with E-state index in [9.17, 15) is 77.6 Å². The van der Waals surface area contributed by atoms with Crippen molar-refractivity contribution in [3.05, 3.63) is 215 Å². The fraction of sp³-hybridized carbons (Fsp3) is 0.407. The summed E-state index contributed by atoms with van der Waals surface area (Å²) in [6.45, 7) is 5.29. The van der Waals surface area contributed by atoms with Gasteiger partial charge in [0, 0.05) is 51.5 Å². The highest BCUT2D eigenvalue weighted by atomic mass is 16.4. The van der Waals surface area contributed by atoms with E-state index < -0.39 is 206 Å².